The van der Waals surface area contributed by atoms with Gasteiger partial charge in [-0.05, 0) is 38.8 Å². The maximum absolute atomic E-state index is 13.0. The zero-order valence-electron chi connectivity index (χ0n) is 17.5. The molecule has 1 aliphatic carbocycles. The van der Waals surface area contributed by atoms with E-state index in [2.05, 4.69) is 15.7 Å². The number of rotatable bonds is 5. The summed E-state index contributed by atoms with van der Waals surface area (Å²) in [6, 6.07) is 5.24. The van der Waals surface area contributed by atoms with Gasteiger partial charge in [-0.2, -0.15) is 5.10 Å². The largest absolute Gasteiger partial charge is 0.465 e. The van der Waals surface area contributed by atoms with Gasteiger partial charge in [-0.1, -0.05) is 12.8 Å². The van der Waals surface area contributed by atoms with E-state index in [0.29, 0.717) is 11.5 Å². The monoisotopic (exact) mass is 413 g/mol. The second-order valence-corrected chi connectivity index (χ2v) is 8.36. The first kappa shape index (κ1) is 20.2. The molecule has 30 heavy (non-hydrogen) atoms. The van der Waals surface area contributed by atoms with Gasteiger partial charge >= 0.3 is 0 Å². The first-order chi connectivity index (χ1) is 14.3. The van der Waals surface area contributed by atoms with Gasteiger partial charge in [0.05, 0.1) is 13.1 Å². The van der Waals surface area contributed by atoms with E-state index in [4.69, 9.17) is 4.42 Å². The number of nitrogens with zero attached hydrogens (tertiary/aromatic N) is 3. The van der Waals surface area contributed by atoms with E-state index in [1.807, 2.05) is 13.0 Å². The highest BCUT2D eigenvalue weighted by atomic mass is 16.3. The fourth-order valence-electron chi connectivity index (χ4n) is 4.09. The first-order valence-corrected chi connectivity index (χ1v) is 10.3. The van der Waals surface area contributed by atoms with Gasteiger partial charge in [-0.15, -0.1) is 0 Å². The van der Waals surface area contributed by atoms with Crippen molar-refractivity contribution >= 4 is 17.7 Å². The molecule has 1 saturated carbocycles. The highest BCUT2D eigenvalue weighted by Crippen LogP contribution is 2.27. The third kappa shape index (κ3) is 3.59. The Kier molecular flexibility index (Phi) is 5.13. The van der Waals surface area contributed by atoms with Gasteiger partial charge in [0.15, 0.2) is 5.69 Å². The van der Waals surface area contributed by atoms with Gasteiger partial charge in [0.2, 0.25) is 5.91 Å². The molecule has 0 spiro atoms. The number of furan rings is 1. The van der Waals surface area contributed by atoms with Crippen molar-refractivity contribution in [3.05, 3.63) is 41.1 Å². The van der Waals surface area contributed by atoms with E-state index in [-0.39, 0.29) is 36.6 Å². The lowest BCUT2D eigenvalue weighted by Gasteiger charge is -2.41. The second-order valence-electron chi connectivity index (χ2n) is 8.36. The number of aryl methyl sites for hydroxylation is 1. The summed E-state index contributed by atoms with van der Waals surface area (Å²) in [6.45, 7) is 3.98. The van der Waals surface area contributed by atoms with Crippen molar-refractivity contribution in [1.29, 1.82) is 0 Å². The lowest BCUT2D eigenvalue weighted by Crippen LogP contribution is -2.63. The Hall–Kier alpha value is -3.10. The van der Waals surface area contributed by atoms with Crippen molar-refractivity contribution < 1.29 is 18.8 Å². The van der Waals surface area contributed by atoms with Crippen molar-refractivity contribution in [3.8, 4) is 0 Å². The average Bonchev–Trinajstić information content (AvgIpc) is 3.45. The van der Waals surface area contributed by atoms with Gasteiger partial charge in [-0.25, -0.2) is 0 Å². The van der Waals surface area contributed by atoms with E-state index < -0.39 is 11.4 Å². The molecule has 0 bridgehead atoms. The Labute approximate surface area is 174 Å². The number of nitrogens with one attached hydrogen (secondary N) is 2. The molecule has 2 aromatic rings. The van der Waals surface area contributed by atoms with Crippen LogP contribution in [0.15, 0.2) is 22.6 Å². The maximum atomic E-state index is 13.0. The van der Waals surface area contributed by atoms with Gasteiger partial charge in [-0.3, -0.25) is 19.1 Å². The summed E-state index contributed by atoms with van der Waals surface area (Å²) in [4.78, 5) is 39.9. The van der Waals surface area contributed by atoms with E-state index in [0.717, 1.165) is 31.4 Å². The highest BCUT2D eigenvalue weighted by Gasteiger charge is 2.46. The molecular weight excluding hydrogens is 386 g/mol. The molecule has 9 heteroatoms. The summed E-state index contributed by atoms with van der Waals surface area (Å²) >= 11 is 0. The van der Waals surface area contributed by atoms with Gasteiger partial charge in [0.25, 0.3) is 11.8 Å². The van der Waals surface area contributed by atoms with Crippen LogP contribution in [0, 0.1) is 6.92 Å². The Balaban J connectivity index is 1.49. The molecule has 0 unspecified atom stereocenters. The molecule has 9 nitrogen and oxygen atoms in total. The van der Waals surface area contributed by atoms with E-state index >= 15 is 0 Å². The highest BCUT2D eigenvalue weighted by molar-refractivity contribution is 6.01. The molecule has 4 rings (SSSR count). The molecule has 3 amide bonds. The van der Waals surface area contributed by atoms with Gasteiger partial charge in [0, 0.05) is 19.2 Å². The quantitative estimate of drug-likeness (QED) is 0.774. The van der Waals surface area contributed by atoms with Crippen LogP contribution >= 0.6 is 0 Å². The van der Waals surface area contributed by atoms with Gasteiger partial charge in [0.1, 0.15) is 22.8 Å². The first-order valence-electron chi connectivity index (χ1n) is 10.3. The molecular formula is C21H27N5O4. The molecule has 0 aromatic carbocycles. The molecule has 0 saturated heterocycles. The minimum absolute atomic E-state index is 0.135. The number of amides is 3. The van der Waals surface area contributed by atoms with Crippen LogP contribution in [-0.2, 0) is 17.9 Å². The number of aromatic nitrogens is 2. The molecule has 1 atom stereocenters. The molecule has 160 valence electrons. The summed E-state index contributed by atoms with van der Waals surface area (Å²) in [5.41, 5.74) is -0.642. The summed E-state index contributed by atoms with van der Waals surface area (Å²) in [7, 11) is 1.62. The Bertz CT molecular complexity index is 987. The third-order valence-electron chi connectivity index (χ3n) is 6.13. The van der Waals surface area contributed by atoms with Crippen LogP contribution in [0.2, 0.25) is 0 Å². The third-order valence-corrected chi connectivity index (χ3v) is 6.13. The van der Waals surface area contributed by atoms with Crippen molar-refractivity contribution in [3.63, 3.8) is 0 Å². The molecule has 1 fully saturated rings. The zero-order valence-corrected chi connectivity index (χ0v) is 17.5. The van der Waals surface area contributed by atoms with E-state index in [1.165, 1.54) is 15.6 Å². The standard InChI is InChI=1S/C21H27N5O4/c1-13-8-9-15(30-13)11-22-18(27)16-10-17-19(28)25(3)21(2,12-26(17)24-16)20(29)23-14-6-4-5-7-14/h8-10,14H,4-7,11-12H2,1-3H3,(H,22,27)(H,23,29)/t21-/m1/s1. The number of hydrogen-bond acceptors (Lipinski definition) is 5. The number of fused-ring (bicyclic) bond motifs is 1. The minimum atomic E-state index is -1.07. The van der Waals surface area contributed by atoms with Crippen molar-refractivity contribution in [2.75, 3.05) is 7.05 Å². The van der Waals surface area contributed by atoms with Crippen molar-refractivity contribution in [1.82, 2.24) is 25.3 Å². The molecule has 2 N–H and O–H groups in total. The molecule has 3 heterocycles. The summed E-state index contributed by atoms with van der Waals surface area (Å²) in [5, 5.41) is 10.1. The summed E-state index contributed by atoms with van der Waals surface area (Å²) < 4.78 is 6.91. The fourth-order valence-corrected chi connectivity index (χ4v) is 4.09. The molecule has 0 radical (unpaired) electrons. The SMILES string of the molecule is Cc1ccc(CNC(=O)c2cc3n(n2)C[C@](C)(C(=O)NC2CCCC2)N(C)C3=O)o1. The summed E-state index contributed by atoms with van der Waals surface area (Å²) in [6.07, 6.45) is 4.14. The van der Waals surface area contributed by atoms with Crippen molar-refractivity contribution in [2.45, 2.75) is 64.2 Å². The van der Waals surface area contributed by atoms with E-state index in [9.17, 15) is 14.4 Å². The van der Waals surface area contributed by atoms with Crippen LogP contribution in [-0.4, -0.2) is 51.0 Å². The number of carbonyl (C=O) groups is 3. The number of likely N-dealkylation sites (N-methyl/N-ethyl adjacent to an activating group) is 1. The van der Waals surface area contributed by atoms with Crippen LogP contribution in [0.3, 0.4) is 0 Å². The van der Waals surface area contributed by atoms with Gasteiger partial charge < -0.3 is 20.0 Å². The lowest BCUT2D eigenvalue weighted by molar-refractivity contribution is -0.133. The fraction of sp³-hybridized carbons (Fsp3) is 0.524. The van der Waals surface area contributed by atoms with Crippen LogP contribution in [0.25, 0.3) is 0 Å². The minimum Gasteiger partial charge on any atom is -0.465 e. The smallest absolute Gasteiger partial charge is 0.272 e. The van der Waals surface area contributed by atoms with Crippen LogP contribution < -0.4 is 10.6 Å². The Morgan fingerprint density at radius 1 is 1.30 bits per heavy atom. The number of carbonyl (C=O) groups excluding carboxylic acids is 3. The topological polar surface area (TPSA) is 109 Å². The Morgan fingerprint density at radius 2 is 2.03 bits per heavy atom. The predicted octanol–water partition coefficient (Wildman–Crippen LogP) is 1.62. The normalized spacial score (nSPS) is 21.6. The Morgan fingerprint density at radius 3 is 2.70 bits per heavy atom. The lowest BCUT2D eigenvalue weighted by atomic mass is 9.95. The van der Waals surface area contributed by atoms with Crippen molar-refractivity contribution in [2.24, 2.45) is 0 Å². The molecule has 1 aliphatic heterocycles. The average molecular weight is 413 g/mol. The second kappa shape index (κ2) is 7.62. The van der Waals surface area contributed by atoms with Crippen LogP contribution in [0.4, 0.5) is 0 Å². The molecule has 2 aromatic heterocycles. The number of hydrogen-bond donors (Lipinski definition) is 2. The van der Waals surface area contributed by atoms with Crippen LogP contribution in [0.1, 0.15) is 65.1 Å². The maximum Gasteiger partial charge on any atom is 0.272 e. The zero-order chi connectivity index (χ0) is 21.5. The van der Waals surface area contributed by atoms with Crippen LogP contribution in [0.5, 0.6) is 0 Å². The molecule has 2 aliphatic rings. The van der Waals surface area contributed by atoms with E-state index in [1.54, 1.807) is 20.0 Å². The predicted molar refractivity (Wildman–Crippen MR) is 108 cm³/mol. The summed E-state index contributed by atoms with van der Waals surface area (Å²) in [5.74, 6) is 0.472.